The second kappa shape index (κ2) is 7.45. The standard InChI is InChI=1S/C14H20BNO5/c1-10(17)19-7-2-3-8-20-12-6-4-5-11-13(9-16)21-15(18)14(11)12/h4-6,13,18H,2-3,7-9,16H2,1H3. The van der Waals surface area contributed by atoms with Crippen LogP contribution in [0.4, 0.5) is 0 Å². The largest absolute Gasteiger partial charge is 0.495 e. The average molecular weight is 293 g/mol. The van der Waals surface area contributed by atoms with Gasteiger partial charge in [-0.25, -0.2) is 0 Å². The highest BCUT2D eigenvalue weighted by molar-refractivity contribution is 6.62. The van der Waals surface area contributed by atoms with Crippen LogP contribution in [0.5, 0.6) is 5.75 Å². The lowest BCUT2D eigenvalue weighted by Crippen LogP contribution is -2.30. The average Bonchev–Trinajstić information content (AvgIpc) is 2.80. The van der Waals surface area contributed by atoms with Crippen LogP contribution in [-0.4, -0.2) is 37.9 Å². The second-order valence-corrected chi connectivity index (χ2v) is 4.87. The van der Waals surface area contributed by atoms with Crippen LogP contribution in [0.2, 0.25) is 0 Å². The molecule has 114 valence electrons. The van der Waals surface area contributed by atoms with Crippen LogP contribution in [0.25, 0.3) is 0 Å². The van der Waals surface area contributed by atoms with Crippen molar-refractivity contribution in [2.75, 3.05) is 19.8 Å². The van der Waals surface area contributed by atoms with Crippen molar-refractivity contribution >= 4 is 18.6 Å². The number of fused-ring (bicyclic) bond motifs is 1. The van der Waals surface area contributed by atoms with Gasteiger partial charge in [0.2, 0.25) is 0 Å². The minimum atomic E-state index is -0.995. The number of unbranched alkanes of at least 4 members (excludes halogenated alkanes) is 1. The zero-order valence-corrected chi connectivity index (χ0v) is 12.1. The van der Waals surface area contributed by atoms with Gasteiger partial charge in [0, 0.05) is 18.9 Å². The van der Waals surface area contributed by atoms with E-state index in [1.165, 1.54) is 6.92 Å². The summed E-state index contributed by atoms with van der Waals surface area (Å²) in [6, 6.07) is 5.55. The Hall–Kier alpha value is -1.57. The number of ether oxygens (including phenoxy) is 2. The summed E-state index contributed by atoms with van der Waals surface area (Å²) in [6.07, 6.45) is 1.20. The van der Waals surface area contributed by atoms with E-state index in [9.17, 15) is 9.82 Å². The van der Waals surface area contributed by atoms with Crippen LogP contribution in [-0.2, 0) is 14.2 Å². The third-order valence-electron chi connectivity index (χ3n) is 3.30. The van der Waals surface area contributed by atoms with E-state index in [1.807, 2.05) is 12.1 Å². The maximum absolute atomic E-state index is 10.6. The smallest absolute Gasteiger partial charge is 0.494 e. The van der Waals surface area contributed by atoms with Crippen LogP contribution in [0.3, 0.4) is 0 Å². The lowest BCUT2D eigenvalue weighted by atomic mass is 9.78. The van der Waals surface area contributed by atoms with Gasteiger partial charge in [0.25, 0.3) is 0 Å². The topological polar surface area (TPSA) is 91.0 Å². The molecule has 0 spiro atoms. The molecule has 0 saturated heterocycles. The predicted octanol–water partition coefficient (Wildman–Crippen LogP) is 0.126. The van der Waals surface area contributed by atoms with E-state index in [0.29, 0.717) is 31.0 Å². The third kappa shape index (κ3) is 3.97. The number of hydrogen-bond acceptors (Lipinski definition) is 6. The summed E-state index contributed by atoms with van der Waals surface area (Å²) in [7, 11) is -0.995. The summed E-state index contributed by atoms with van der Waals surface area (Å²) in [5.74, 6) is 0.341. The maximum atomic E-state index is 10.6. The molecule has 1 heterocycles. The number of benzene rings is 1. The zero-order chi connectivity index (χ0) is 15.2. The summed E-state index contributed by atoms with van der Waals surface area (Å²) in [4.78, 5) is 10.6. The first kappa shape index (κ1) is 15.8. The fraction of sp³-hybridized carbons (Fsp3) is 0.500. The first-order valence-electron chi connectivity index (χ1n) is 7.06. The van der Waals surface area contributed by atoms with Crippen molar-refractivity contribution in [3.8, 4) is 5.75 Å². The van der Waals surface area contributed by atoms with Gasteiger partial charge in [-0.1, -0.05) is 12.1 Å². The molecule has 0 bridgehead atoms. The van der Waals surface area contributed by atoms with E-state index >= 15 is 0 Å². The van der Waals surface area contributed by atoms with Gasteiger partial charge in [-0.15, -0.1) is 0 Å². The molecule has 21 heavy (non-hydrogen) atoms. The van der Waals surface area contributed by atoms with E-state index < -0.39 is 7.12 Å². The number of carbonyl (C=O) groups excluding carboxylic acids is 1. The summed E-state index contributed by atoms with van der Waals surface area (Å²) < 4.78 is 15.9. The molecule has 0 amide bonds. The van der Waals surface area contributed by atoms with Gasteiger partial charge < -0.3 is 24.9 Å². The quantitative estimate of drug-likeness (QED) is 0.422. The van der Waals surface area contributed by atoms with Crippen LogP contribution < -0.4 is 15.9 Å². The van der Waals surface area contributed by atoms with E-state index in [0.717, 1.165) is 18.4 Å². The van der Waals surface area contributed by atoms with Crippen molar-refractivity contribution in [2.45, 2.75) is 25.9 Å². The molecule has 0 radical (unpaired) electrons. The lowest BCUT2D eigenvalue weighted by Gasteiger charge is -2.11. The first-order valence-corrected chi connectivity index (χ1v) is 7.06. The van der Waals surface area contributed by atoms with E-state index in [1.54, 1.807) is 6.07 Å². The summed E-state index contributed by atoms with van der Waals surface area (Å²) in [5, 5.41) is 9.95. The highest BCUT2D eigenvalue weighted by Crippen LogP contribution is 2.26. The normalized spacial score (nSPS) is 16.7. The van der Waals surface area contributed by atoms with Crippen molar-refractivity contribution in [2.24, 2.45) is 5.73 Å². The van der Waals surface area contributed by atoms with Gasteiger partial charge in [-0.05, 0) is 24.5 Å². The van der Waals surface area contributed by atoms with Crippen LogP contribution in [0, 0.1) is 0 Å². The third-order valence-corrected chi connectivity index (χ3v) is 3.30. The molecule has 0 fully saturated rings. The SMILES string of the molecule is CC(=O)OCCCCOc1cccc2c1B(O)OC2CN. The fourth-order valence-corrected chi connectivity index (χ4v) is 2.31. The number of nitrogens with two attached hydrogens (primary N) is 1. The number of carbonyl (C=O) groups is 1. The molecule has 1 atom stereocenters. The Balaban J connectivity index is 1.87. The first-order chi connectivity index (χ1) is 10.1. The van der Waals surface area contributed by atoms with Gasteiger partial charge in [-0.3, -0.25) is 4.79 Å². The molecule has 1 aliphatic rings. The van der Waals surface area contributed by atoms with E-state index in [4.69, 9.17) is 19.9 Å². The molecule has 1 aromatic carbocycles. The highest BCUT2D eigenvalue weighted by atomic mass is 16.5. The van der Waals surface area contributed by atoms with Gasteiger partial charge in [0.1, 0.15) is 5.75 Å². The number of rotatable bonds is 7. The molecule has 0 aromatic heterocycles. The highest BCUT2D eigenvalue weighted by Gasteiger charge is 2.37. The second-order valence-electron chi connectivity index (χ2n) is 4.87. The lowest BCUT2D eigenvalue weighted by molar-refractivity contribution is -0.141. The molecule has 1 aromatic rings. The summed E-state index contributed by atoms with van der Waals surface area (Å²) in [6.45, 7) is 2.58. The number of esters is 1. The maximum Gasteiger partial charge on any atom is 0.495 e. The van der Waals surface area contributed by atoms with Crippen LogP contribution in [0.15, 0.2) is 18.2 Å². The molecule has 0 aliphatic carbocycles. The Morgan fingerprint density at radius 3 is 2.90 bits per heavy atom. The van der Waals surface area contributed by atoms with Gasteiger partial charge in [0.15, 0.2) is 0 Å². The zero-order valence-electron chi connectivity index (χ0n) is 12.1. The minimum Gasteiger partial charge on any atom is -0.494 e. The molecule has 6 nitrogen and oxygen atoms in total. The van der Waals surface area contributed by atoms with Crippen molar-refractivity contribution in [1.29, 1.82) is 0 Å². The minimum absolute atomic E-state index is 0.273. The Bertz CT molecular complexity index is 496. The van der Waals surface area contributed by atoms with E-state index in [-0.39, 0.29) is 12.1 Å². The molecule has 2 rings (SSSR count). The van der Waals surface area contributed by atoms with Gasteiger partial charge in [-0.2, -0.15) is 0 Å². The summed E-state index contributed by atoms with van der Waals surface area (Å²) in [5.41, 5.74) is 7.16. The molecule has 0 saturated carbocycles. The van der Waals surface area contributed by atoms with Gasteiger partial charge in [0.05, 0.1) is 19.3 Å². The number of hydrogen-bond donors (Lipinski definition) is 2. The Morgan fingerprint density at radius 2 is 2.19 bits per heavy atom. The Kier molecular flexibility index (Phi) is 5.61. The van der Waals surface area contributed by atoms with Crippen molar-refractivity contribution in [3.63, 3.8) is 0 Å². The molecular formula is C14H20BNO5. The summed E-state index contributed by atoms with van der Waals surface area (Å²) >= 11 is 0. The van der Waals surface area contributed by atoms with Crippen molar-refractivity contribution in [1.82, 2.24) is 0 Å². The fourth-order valence-electron chi connectivity index (χ4n) is 2.31. The van der Waals surface area contributed by atoms with Crippen LogP contribution >= 0.6 is 0 Å². The van der Waals surface area contributed by atoms with E-state index in [2.05, 4.69) is 0 Å². The molecular weight excluding hydrogens is 273 g/mol. The van der Waals surface area contributed by atoms with Crippen molar-refractivity contribution < 1.29 is 23.9 Å². The molecule has 1 aliphatic heterocycles. The van der Waals surface area contributed by atoms with Gasteiger partial charge >= 0.3 is 13.1 Å². The predicted molar refractivity (Wildman–Crippen MR) is 78.3 cm³/mol. The van der Waals surface area contributed by atoms with Crippen LogP contribution in [0.1, 0.15) is 31.4 Å². The molecule has 7 heteroatoms. The molecule has 3 N–H and O–H groups in total. The Labute approximate surface area is 124 Å². The molecule has 1 unspecified atom stereocenters. The monoisotopic (exact) mass is 293 g/mol. The Morgan fingerprint density at radius 1 is 1.43 bits per heavy atom. The van der Waals surface area contributed by atoms with Crippen molar-refractivity contribution in [3.05, 3.63) is 23.8 Å².